The zero-order valence-electron chi connectivity index (χ0n) is 39.4. The van der Waals surface area contributed by atoms with Crippen molar-refractivity contribution in [3.05, 3.63) is 271 Å². The summed E-state index contributed by atoms with van der Waals surface area (Å²) in [4.78, 5) is 0. The summed E-state index contributed by atoms with van der Waals surface area (Å²) in [6.45, 7) is 0. The van der Waals surface area contributed by atoms with Gasteiger partial charge < -0.3 is 0 Å². The molecule has 13 aromatic carbocycles. The van der Waals surface area contributed by atoms with Crippen LogP contribution in [0, 0.1) is 5.92 Å². The minimum Gasteiger partial charge on any atom is -0.0761 e. The van der Waals surface area contributed by atoms with Crippen LogP contribution in [0.5, 0.6) is 0 Å². The number of rotatable bonds is 6. The molecule has 0 fully saturated rings. The number of hydrogen-bond donors (Lipinski definition) is 0. The van der Waals surface area contributed by atoms with Gasteiger partial charge in [0.1, 0.15) is 0 Å². The third kappa shape index (κ3) is 5.93. The van der Waals surface area contributed by atoms with Crippen molar-refractivity contribution >= 4 is 82.4 Å². The van der Waals surface area contributed by atoms with E-state index < -0.39 is 0 Å². The van der Waals surface area contributed by atoms with E-state index in [9.17, 15) is 0 Å². The first-order valence-electron chi connectivity index (χ1n) is 25.4. The fourth-order valence-corrected chi connectivity index (χ4v) is 13.0. The molecular weight excluding hydrogens is 865 g/mol. The molecule has 3 aliphatic carbocycles. The van der Waals surface area contributed by atoms with Crippen LogP contribution < -0.4 is 0 Å². The van der Waals surface area contributed by atoms with Crippen LogP contribution in [-0.2, 0) is 0 Å². The lowest BCUT2D eigenvalue weighted by Crippen LogP contribution is -2.21. The Labute approximate surface area is 418 Å². The summed E-state index contributed by atoms with van der Waals surface area (Å²) in [7, 11) is 0. The maximum Gasteiger partial charge on any atom is 0.0205 e. The topological polar surface area (TPSA) is 0 Å². The molecule has 0 amide bonds. The van der Waals surface area contributed by atoms with Crippen molar-refractivity contribution < 1.29 is 0 Å². The Kier molecular flexibility index (Phi) is 8.38. The summed E-state index contributed by atoms with van der Waals surface area (Å²) in [5.41, 5.74) is 20.3. The molecule has 332 valence electrons. The standard InChI is InChI=1S/C72H44/c1-4-49-22-25-55-28-34-61(64-37-31-52(7-1)67(49)70(55)64)46-16-10-43(11-17-46)58-40-59(44-12-18-47(19-13-44)62-35-29-56-26-23-50-5-2-8-53-32-38-65(62)71(56)68(50)53)42-60(41-58)45-14-20-48(21-15-45)63-36-30-57-27-24-51-6-3-9-54-33-39-66(63)72(57)69(51)54/h1-42,55,70H. The predicted octanol–water partition coefficient (Wildman–Crippen LogP) is 19.6. The molecule has 0 nitrogen and oxygen atoms in total. The van der Waals surface area contributed by atoms with E-state index in [1.807, 2.05) is 0 Å². The molecule has 0 bridgehead atoms. The first-order valence-corrected chi connectivity index (χ1v) is 25.4. The quantitative estimate of drug-likeness (QED) is 0.146. The maximum atomic E-state index is 2.41. The molecule has 0 aromatic heterocycles. The smallest absolute Gasteiger partial charge is 0.0205 e. The van der Waals surface area contributed by atoms with Gasteiger partial charge in [-0.25, -0.2) is 0 Å². The van der Waals surface area contributed by atoms with Gasteiger partial charge in [0, 0.05) is 11.8 Å². The number of allylic oxidation sites excluding steroid dienone is 6. The summed E-state index contributed by atoms with van der Waals surface area (Å²) in [6, 6.07) is 82.4. The highest BCUT2D eigenvalue weighted by Crippen LogP contribution is 2.51. The van der Waals surface area contributed by atoms with Crippen LogP contribution in [0.2, 0.25) is 0 Å². The van der Waals surface area contributed by atoms with E-state index in [0.29, 0.717) is 11.8 Å². The molecule has 2 unspecified atom stereocenters. The summed E-state index contributed by atoms with van der Waals surface area (Å²) in [6.07, 6.45) is 14.2. The van der Waals surface area contributed by atoms with E-state index in [1.54, 1.807) is 0 Å². The predicted molar refractivity (Wildman–Crippen MR) is 308 cm³/mol. The molecule has 0 saturated carbocycles. The molecule has 0 spiro atoms. The zero-order valence-corrected chi connectivity index (χ0v) is 39.4. The molecule has 0 saturated heterocycles. The van der Waals surface area contributed by atoms with Crippen LogP contribution in [0.15, 0.2) is 248 Å². The van der Waals surface area contributed by atoms with Crippen molar-refractivity contribution in [1.82, 2.24) is 0 Å². The SMILES string of the molecule is C1=CC2C=Cc3cccc4c3C2C(=C1c1ccc(-c2cc(-c3ccc(-c5ccc6ccc7cccc8ccc5c6c78)cc3)cc(-c3ccc(-c5ccc6ccc7cccc8ccc5c6c78)cc3)c2)cc1)C=C4. The second kappa shape index (κ2) is 15.2. The van der Waals surface area contributed by atoms with Gasteiger partial charge in [0.05, 0.1) is 0 Å². The fourth-order valence-electron chi connectivity index (χ4n) is 13.0. The van der Waals surface area contributed by atoms with Gasteiger partial charge >= 0.3 is 0 Å². The van der Waals surface area contributed by atoms with Crippen LogP contribution in [-0.4, -0.2) is 0 Å². The van der Waals surface area contributed by atoms with E-state index in [2.05, 4.69) is 255 Å². The van der Waals surface area contributed by atoms with Gasteiger partial charge in [-0.2, -0.15) is 0 Å². The Morgan fingerprint density at radius 3 is 1.15 bits per heavy atom. The first-order chi connectivity index (χ1) is 35.6. The monoisotopic (exact) mass is 908 g/mol. The van der Waals surface area contributed by atoms with Crippen LogP contribution >= 0.6 is 0 Å². The third-order valence-corrected chi connectivity index (χ3v) is 16.5. The Hall–Kier alpha value is -9.10. The Morgan fingerprint density at radius 2 is 0.653 bits per heavy atom. The lowest BCUT2D eigenvalue weighted by molar-refractivity contribution is 0.667. The molecule has 2 atom stereocenters. The fraction of sp³-hybridized carbons (Fsp3) is 0.0278. The second-order valence-electron chi connectivity index (χ2n) is 20.3. The second-order valence-corrected chi connectivity index (χ2v) is 20.3. The summed E-state index contributed by atoms with van der Waals surface area (Å²) < 4.78 is 0. The molecular formula is C72H44. The minimum absolute atomic E-state index is 0.352. The van der Waals surface area contributed by atoms with Crippen molar-refractivity contribution in [2.24, 2.45) is 5.92 Å². The average molecular weight is 909 g/mol. The molecule has 72 heavy (non-hydrogen) atoms. The van der Waals surface area contributed by atoms with E-state index in [1.165, 1.54) is 154 Å². The summed E-state index contributed by atoms with van der Waals surface area (Å²) >= 11 is 0. The van der Waals surface area contributed by atoms with Crippen molar-refractivity contribution in [3.8, 4) is 55.6 Å². The van der Waals surface area contributed by atoms with Gasteiger partial charge in [-0.3, -0.25) is 0 Å². The van der Waals surface area contributed by atoms with E-state index >= 15 is 0 Å². The normalized spacial score (nSPS) is 15.8. The van der Waals surface area contributed by atoms with Gasteiger partial charge in [0.15, 0.2) is 0 Å². The molecule has 16 rings (SSSR count). The van der Waals surface area contributed by atoms with Gasteiger partial charge in [0.2, 0.25) is 0 Å². The molecule has 0 heterocycles. The Morgan fingerprint density at radius 1 is 0.264 bits per heavy atom. The molecule has 0 heteroatoms. The molecule has 13 aromatic rings. The highest BCUT2D eigenvalue weighted by molar-refractivity contribution is 6.26. The molecule has 0 radical (unpaired) electrons. The highest BCUT2D eigenvalue weighted by Gasteiger charge is 2.34. The summed E-state index contributed by atoms with van der Waals surface area (Å²) in [5, 5.41) is 15.7. The van der Waals surface area contributed by atoms with Gasteiger partial charge in [-0.1, -0.05) is 237 Å². The van der Waals surface area contributed by atoms with Crippen LogP contribution in [0.4, 0.5) is 0 Å². The molecule has 0 N–H and O–H groups in total. The van der Waals surface area contributed by atoms with Crippen molar-refractivity contribution in [1.29, 1.82) is 0 Å². The number of hydrogen-bond acceptors (Lipinski definition) is 0. The average Bonchev–Trinajstić information content (AvgIpc) is 3.45. The highest BCUT2D eigenvalue weighted by atomic mass is 14.4. The van der Waals surface area contributed by atoms with E-state index in [0.717, 1.165) is 0 Å². The van der Waals surface area contributed by atoms with Gasteiger partial charge in [-0.15, -0.1) is 0 Å². The van der Waals surface area contributed by atoms with Gasteiger partial charge in [-0.05, 0) is 172 Å². The van der Waals surface area contributed by atoms with Crippen LogP contribution in [0.25, 0.3) is 138 Å². The van der Waals surface area contributed by atoms with Gasteiger partial charge in [0.25, 0.3) is 0 Å². The summed E-state index contributed by atoms with van der Waals surface area (Å²) in [5.74, 6) is 0.734. The maximum absolute atomic E-state index is 2.41. The Balaban J connectivity index is 0.796. The lowest BCUT2D eigenvalue weighted by Gasteiger charge is -2.36. The van der Waals surface area contributed by atoms with Crippen LogP contribution in [0.1, 0.15) is 28.2 Å². The first kappa shape index (κ1) is 39.7. The largest absolute Gasteiger partial charge is 0.0761 e. The lowest BCUT2D eigenvalue weighted by atomic mass is 9.67. The van der Waals surface area contributed by atoms with Crippen molar-refractivity contribution in [2.45, 2.75) is 5.92 Å². The van der Waals surface area contributed by atoms with Crippen molar-refractivity contribution in [3.63, 3.8) is 0 Å². The molecule has 0 aliphatic heterocycles. The van der Waals surface area contributed by atoms with Crippen molar-refractivity contribution in [2.75, 3.05) is 0 Å². The molecule has 3 aliphatic rings. The Bertz CT molecular complexity index is 4270. The minimum atomic E-state index is 0.352. The van der Waals surface area contributed by atoms with Crippen LogP contribution in [0.3, 0.4) is 0 Å². The third-order valence-electron chi connectivity index (χ3n) is 16.5. The van der Waals surface area contributed by atoms with E-state index in [-0.39, 0.29) is 0 Å². The van der Waals surface area contributed by atoms with E-state index in [4.69, 9.17) is 0 Å². The zero-order chi connectivity index (χ0) is 47.0. The number of benzene rings is 13.